The summed E-state index contributed by atoms with van der Waals surface area (Å²) in [7, 11) is 0. The summed E-state index contributed by atoms with van der Waals surface area (Å²) in [5.74, 6) is 1.62. The van der Waals surface area contributed by atoms with Gasteiger partial charge in [0.1, 0.15) is 17.3 Å². The van der Waals surface area contributed by atoms with Crippen molar-refractivity contribution in [1.82, 2.24) is 10.3 Å². The van der Waals surface area contributed by atoms with E-state index >= 15 is 0 Å². The van der Waals surface area contributed by atoms with Crippen LogP contribution in [0.4, 0.5) is 4.39 Å². The number of rotatable bonds is 6. The summed E-state index contributed by atoms with van der Waals surface area (Å²) in [4.78, 5) is 15.6. The van der Waals surface area contributed by atoms with Gasteiger partial charge in [0.2, 0.25) is 6.41 Å². The summed E-state index contributed by atoms with van der Waals surface area (Å²) >= 11 is 0. The average Bonchev–Trinajstić information content (AvgIpc) is 3.39. The number of fused-ring (bicyclic) bond motifs is 1. The van der Waals surface area contributed by atoms with Crippen LogP contribution in [0.2, 0.25) is 0 Å². The van der Waals surface area contributed by atoms with Gasteiger partial charge < -0.3 is 10.1 Å². The highest BCUT2D eigenvalue weighted by atomic mass is 19.1. The molecule has 1 amide bonds. The fourth-order valence-electron chi connectivity index (χ4n) is 3.57. The maximum atomic E-state index is 13.3. The molecule has 25 heavy (non-hydrogen) atoms. The van der Waals surface area contributed by atoms with Crippen molar-refractivity contribution < 1.29 is 13.9 Å². The van der Waals surface area contributed by atoms with Gasteiger partial charge >= 0.3 is 0 Å². The van der Waals surface area contributed by atoms with E-state index in [4.69, 9.17) is 9.72 Å². The quantitative estimate of drug-likeness (QED) is 0.817. The largest absolute Gasteiger partial charge is 0.490 e. The van der Waals surface area contributed by atoms with E-state index in [9.17, 15) is 9.18 Å². The minimum atomic E-state index is -0.267. The summed E-state index contributed by atoms with van der Waals surface area (Å²) < 4.78 is 19.2. The Balaban J connectivity index is 1.80. The van der Waals surface area contributed by atoms with Crippen LogP contribution in [0.25, 0.3) is 11.3 Å². The number of aromatic nitrogens is 1. The predicted molar refractivity (Wildman–Crippen MR) is 93.1 cm³/mol. The molecule has 2 atom stereocenters. The third-order valence-electron chi connectivity index (χ3n) is 5.14. The number of carbonyl (C=O) groups excluding carboxylic acids is 1. The van der Waals surface area contributed by atoms with Crippen LogP contribution < -0.4 is 10.1 Å². The molecule has 2 unspecified atom stereocenters. The highest BCUT2D eigenvalue weighted by molar-refractivity contribution is 5.70. The van der Waals surface area contributed by atoms with E-state index in [0.29, 0.717) is 25.0 Å². The molecule has 0 bridgehead atoms. The zero-order chi connectivity index (χ0) is 17.4. The number of hydrogen-bond donors (Lipinski definition) is 1. The first-order valence-corrected chi connectivity index (χ1v) is 8.78. The second-order valence-corrected chi connectivity index (χ2v) is 7.00. The molecule has 2 aromatic rings. The SMILES string of the molecule is CC1COc2c1cc(C(CNC=O)C1CC1)nc2-c1ccc(F)cc1. The standard InChI is InChI=1S/C20H21FN2O2/c1-12-10-25-20-16(12)8-18(17(9-22-11-24)13-2-3-13)23-19(20)14-4-6-15(21)7-5-14/h4-8,11-13,17H,2-3,9-10H2,1H3,(H,22,24). The van der Waals surface area contributed by atoms with Crippen LogP contribution in [-0.2, 0) is 4.79 Å². The molecule has 130 valence electrons. The summed E-state index contributed by atoms with van der Waals surface area (Å²) in [5, 5.41) is 2.81. The zero-order valence-corrected chi connectivity index (χ0v) is 14.2. The van der Waals surface area contributed by atoms with E-state index in [0.717, 1.165) is 34.7 Å². The van der Waals surface area contributed by atoms with Gasteiger partial charge in [0, 0.05) is 35.2 Å². The minimum Gasteiger partial charge on any atom is -0.490 e. The van der Waals surface area contributed by atoms with Crippen molar-refractivity contribution in [2.75, 3.05) is 13.2 Å². The summed E-state index contributed by atoms with van der Waals surface area (Å²) in [6.07, 6.45) is 3.08. The van der Waals surface area contributed by atoms with Gasteiger partial charge in [-0.25, -0.2) is 9.37 Å². The normalized spacial score (nSPS) is 19.8. The lowest BCUT2D eigenvalue weighted by Gasteiger charge is -2.18. The van der Waals surface area contributed by atoms with E-state index in [1.54, 1.807) is 12.1 Å². The van der Waals surface area contributed by atoms with Crippen LogP contribution in [0, 0.1) is 11.7 Å². The van der Waals surface area contributed by atoms with Crippen LogP contribution in [0.5, 0.6) is 5.75 Å². The molecule has 1 aromatic heterocycles. The lowest BCUT2D eigenvalue weighted by Crippen LogP contribution is -2.22. The average molecular weight is 340 g/mol. The first-order valence-electron chi connectivity index (χ1n) is 8.78. The number of nitrogens with one attached hydrogen (secondary N) is 1. The van der Waals surface area contributed by atoms with Crippen molar-refractivity contribution in [2.45, 2.75) is 31.6 Å². The van der Waals surface area contributed by atoms with Crippen LogP contribution >= 0.6 is 0 Å². The van der Waals surface area contributed by atoms with E-state index in [1.165, 1.54) is 25.0 Å². The molecule has 4 nitrogen and oxygen atoms in total. The number of halogens is 1. The van der Waals surface area contributed by atoms with Gasteiger partial charge in [0.25, 0.3) is 0 Å². The third-order valence-corrected chi connectivity index (χ3v) is 5.14. The second-order valence-electron chi connectivity index (χ2n) is 7.00. The highest BCUT2D eigenvalue weighted by Crippen LogP contribution is 2.46. The molecule has 2 aliphatic rings. The van der Waals surface area contributed by atoms with Gasteiger partial charge in [-0.05, 0) is 49.1 Å². The Labute approximate surface area is 146 Å². The Kier molecular flexibility index (Phi) is 4.15. The van der Waals surface area contributed by atoms with E-state index in [-0.39, 0.29) is 11.7 Å². The van der Waals surface area contributed by atoms with Crippen molar-refractivity contribution in [3.63, 3.8) is 0 Å². The van der Waals surface area contributed by atoms with Crippen molar-refractivity contribution >= 4 is 6.41 Å². The number of nitrogens with zero attached hydrogens (tertiary/aromatic N) is 1. The Hall–Kier alpha value is -2.43. The number of ether oxygens (including phenoxy) is 1. The maximum Gasteiger partial charge on any atom is 0.207 e. The second kappa shape index (κ2) is 6.47. The molecular weight excluding hydrogens is 319 g/mol. The minimum absolute atomic E-state index is 0.211. The van der Waals surface area contributed by atoms with Crippen molar-refractivity contribution in [1.29, 1.82) is 0 Å². The molecular formula is C20H21FN2O2. The van der Waals surface area contributed by atoms with Crippen LogP contribution in [0.3, 0.4) is 0 Å². The molecule has 0 radical (unpaired) electrons. The fourth-order valence-corrected chi connectivity index (χ4v) is 3.57. The van der Waals surface area contributed by atoms with Gasteiger partial charge in [-0.15, -0.1) is 0 Å². The molecule has 1 aliphatic carbocycles. The smallest absolute Gasteiger partial charge is 0.207 e. The van der Waals surface area contributed by atoms with Gasteiger partial charge in [-0.2, -0.15) is 0 Å². The first-order chi connectivity index (χ1) is 12.2. The number of hydrogen-bond acceptors (Lipinski definition) is 3. The maximum absolute atomic E-state index is 13.3. The Morgan fingerprint density at radius 1 is 1.36 bits per heavy atom. The van der Waals surface area contributed by atoms with E-state index in [2.05, 4.69) is 18.3 Å². The molecule has 1 N–H and O–H groups in total. The number of carbonyl (C=O) groups is 1. The lowest BCUT2D eigenvalue weighted by molar-refractivity contribution is -0.109. The molecule has 1 saturated carbocycles. The topological polar surface area (TPSA) is 51.2 Å². The molecule has 5 heteroatoms. The van der Waals surface area contributed by atoms with Gasteiger partial charge in [-0.1, -0.05) is 6.92 Å². The molecule has 1 aromatic carbocycles. The van der Waals surface area contributed by atoms with Gasteiger partial charge in [0.15, 0.2) is 0 Å². The monoisotopic (exact) mass is 340 g/mol. The number of pyridine rings is 1. The Bertz CT molecular complexity index is 787. The van der Waals surface area contributed by atoms with Gasteiger partial charge in [-0.3, -0.25) is 4.79 Å². The Morgan fingerprint density at radius 2 is 2.12 bits per heavy atom. The summed E-state index contributed by atoms with van der Waals surface area (Å²) in [6, 6.07) is 8.50. The molecule has 2 heterocycles. The molecule has 1 aliphatic heterocycles. The molecule has 4 rings (SSSR count). The van der Waals surface area contributed by atoms with Crippen LogP contribution in [0.1, 0.15) is 42.9 Å². The van der Waals surface area contributed by atoms with Crippen molar-refractivity contribution in [3.8, 4) is 17.0 Å². The first kappa shape index (κ1) is 16.1. The highest BCUT2D eigenvalue weighted by Gasteiger charge is 2.35. The molecule has 1 fully saturated rings. The van der Waals surface area contributed by atoms with Crippen molar-refractivity contribution in [2.24, 2.45) is 5.92 Å². The summed E-state index contributed by atoms with van der Waals surface area (Å²) in [6.45, 7) is 3.37. The number of benzene rings is 1. The zero-order valence-electron chi connectivity index (χ0n) is 14.2. The van der Waals surface area contributed by atoms with Crippen molar-refractivity contribution in [3.05, 3.63) is 47.4 Å². The predicted octanol–water partition coefficient (Wildman–Crippen LogP) is 3.62. The number of amides is 1. The third kappa shape index (κ3) is 3.11. The van der Waals surface area contributed by atoms with Gasteiger partial charge in [0.05, 0.1) is 6.61 Å². The van der Waals surface area contributed by atoms with E-state index < -0.39 is 0 Å². The lowest BCUT2D eigenvalue weighted by atomic mass is 9.93. The summed E-state index contributed by atoms with van der Waals surface area (Å²) in [5.41, 5.74) is 3.77. The van der Waals surface area contributed by atoms with Crippen LogP contribution in [-0.4, -0.2) is 24.5 Å². The molecule has 0 saturated heterocycles. The Morgan fingerprint density at radius 3 is 2.80 bits per heavy atom. The fraction of sp³-hybridized carbons (Fsp3) is 0.400. The van der Waals surface area contributed by atoms with E-state index in [1.807, 2.05) is 0 Å². The molecule has 0 spiro atoms. The van der Waals surface area contributed by atoms with Crippen LogP contribution in [0.15, 0.2) is 30.3 Å².